The molecular weight excluding hydrogens is 214 g/mol. The van der Waals surface area contributed by atoms with Crippen LogP contribution < -0.4 is 5.32 Å². The highest BCUT2D eigenvalue weighted by Crippen LogP contribution is 2.23. The zero-order valence-corrected chi connectivity index (χ0v) is 9.61. The normalized spacial score (nSPS) is 18.9. The van der Waals surface area contributed by atoms with Crippen LogP contribution in [0.2, 0.25) is 0 Å². The Balaban J connectivity index is 2.09. The van der Waals surface area contributed by atoms with E-state index < -0.39 is 0 Å². The fourth-order valence-electron chi connectivity index (χ4n) is 2.02. The standard InChI is InChI=1S/C14H15NO2/c16-10-15-13-8-6-12(7-9-13)14(17)11-4-2-1-3-5-11/h1-2,4,6,8,10H,3,5,7,9H2,(H,15,16). The first-order chi connectivity index (χ1) is 8.31. The van der Waals surface area contributed by atoms with Gasteiger partial charge in [0.2, 0.25) is 6.41 Å². The highest BCUT2D eigenvalue weighted by Gasteiger charge is 2.17. The van der Waals surface area contributed by atoms with Crippen LogP contribution in [-0.4, -0.2) is 12.2 Å². The van der Waals surface area contributed by atoms with Crippen LogP contribution in [0.5, 0.6) is 0 Å². The van der Waals surface area contributed by atoms with Crippen molar-refractivity contribution in [1.82, 2.24) is 5.32 Å². The lowest BCUT2D eigenvalue weighted by Gasteiger charge is -2.15. The van der Waals surface area contributed by atoms with Crippen LogP contribution in [0.1, 0.15) is 25.7 Å². The molecule has 0 heterocycles. The van der Waals surface area contributed by atoms with Crippen molar-refractivity contribution in [2.75, 3.05) is 0 Å². The zero-order valence-electron chi connectivity index (χ0n) is 9.61. The molecule has 0 aromatic carbocycles. The van der Waals surface area contributed by atoms with Crippen LogP contribution in [0.4, 0.5) is 0 Å². The number of allylic oxidation sites excluding steroid dienone is 8. The molecule has 3 heteroatoms. The molecule has 1 N–H and O–H groups in total. The number of amides is 1. The van der Waals surface area contributed by atoms with Gasteiger partial charge in [0.05, 0.1) is 0 Å². The van der Waals surface area contributed by atoms with E-state index in [0.717, 1.165) is 36.1 Å². The van der Waals surface area contributed by atoms with Gasteiger partial charge in [0.25, 0.3) is 0 Å². The van der Waals surface area contributed by atoms with Gasteiger partial charge in [0.15, 0.2) is 5.78 Å². The highest BCUT2D eigenvalue weighted by atomic mass is 16.1. The maximum Gasteiger partial charge on any atom is 0.211 e. The zero-order chi connectivity index (χ0) is 12.1. The van der Waals surface area contributed by atoms with Crippen molar-refractivity contribution in [3.63, 3.8) is 0 Å². The van der Waals surface area contributed by atoms with Gasteiger partial charge in [0.1, 0.15) is 0 Å². The van der Waals surface area contributed by atoms with Crippen molar-refractivity contribution in [2.24, 2.45) is 0 Å². The summed E-state index contributed by atoms with van der Waals surface area (Å²) >= 11 is 0. The van der Waals surface area contributed by atoms with E-state index in [0.29, 0.717) is 12.8 Å². The van der Waals surface area contributed by atoms with Gasteiger partial charge in [-0.1, -0.05) is 24.3 Å². The first-order valence-corrected chi connectivity index (χ1v) is 5.81. The van der Waals surface area contributed by atoms with Gasteiger partial charge in [-0.15, -0.1) is 0 Å². The Morgan fingerprint density at radius 3 is 2.53 bits per heavy atom. The third-order valence-corrected chi connectivity index (χ3v) is 2.99. The number of ketones is 1. The van der Waals surface area contributed by atoms with Crippen LogP contribution in [-0.2, 0) is 9.59 Å². The van der Waals surface area contributed by atoms with Crippen molar-refractivity contribution in [3.05, 3.63) is 47.2 Å². The predicted molar refractivity (Wildman–Crippen MR) is 66.1 cm³/mol. The molecule has 2 rings (SSSR count). The number of hydrogen-bond acceptors (Lipinski definition) is 2. The minimum absolute atomic E-state index is 0.149. The Hall–Kier alpha value is -1.90. The van der Waals surface area contributed by atoms with Gasteiger partial charge in [-0.3, -0.25) is 9.59 Å². The SMILES string of the molecule is O=CNC1=CC=C(C(=O)C2=CC=CCC2)CC1. The average Bonchev–Trinajstić information content (AvgIpc) is 2.40. The van der Waals surface area contributed by atoms with Gasteiger partial charge in [0, 0.05) is 16.8 Å². The number of carbonyl (C=O) groups excluding carboxylic acids is 2. The first-order valence-electron chi connectivity index (χ1n) is 5.81. The van der Waals surface area contributed by atoms with E-state index >= 15 is 0 Å². The van der Waals surface area contributed by atoms with E-state index in [4.69, 9.17) is 0 Å². The Morgan fingerprint density at radius 2 is 1.94 bits per heavy atom. The van der Waals surface area contributed by atoms with Crippen molar-refractivity contribution >= 4 is 12.2 Å². The topological polar surface area (TPSA) is 46.2 Å². The van der Waals surface area contributed by atoms with E-state index in [-0.39, 0.29) is 5.78 Å². The molecule has 0 aliphatic heterocycles. The van der Waals surface area contributed by atoms with Crippen LogP contribution in [0.25, 0.3) is 0 Å². The lowest BCUT2D eigenvalue weighted by Crippen LogP contribution is -2.15. The van der Waals surface area contributed by atoms with Gasteiger partial charge in [-0.25, -0.2) is 0 Å². The van der Waals surface area contributed by atoms with E-state index in [2.05, 4.69) is 11.4 Å². The summed E-state index contributed by atoms with van der Waals surface area (Å²) < 4.78 is 0. The highest BCUT2D eigenvalue weighted by molar-refractivity contribution is 6.08. The Morgan fingerprint density at radius 1 is 1.12 bits per heavy atom. The molecule has 0 spiro atoms. The Kier molecular flexibility index (Phi) is 3.70. The first kappa shape index (κ1) is 11.6. The summed E-state index contributed by atoms with van der Waals surface area (Å²) in [5.74, 6) is 0.149. The Bertz CT molecular complexity index is 453. The number of nitrogens with one attached hydrogen (secondary N) is 1. The molecule has 0 aromatic heterocycles. The quantitative estimate of drug-likeness (QED) is 0.751. The van der Waals surface area contributed by atoms with E-state index in [1.54, 1.807) is 0 Å². The number of Topliss-reactive ketones (excluding diaryl/α,β-unsaturated/α-hetero) is 1. The van der Waals surface area contributed by atoms with Gasteiger partial charge < -0.3 is 5.32 Å². The molecule has 0 bridgehead atoms. The molecule has 1 amide bonds. The molecule has 3 nitrogen and oxygen atoms in total. The molecule has 0 aromatic rings. The van der Waals surface area contributed by atoms with Crippen molar-refractivity contribution in [3.8, 4) is 0 Å². The summed E-state index contributed by atoms with van der Waals surface area (Å²) in [7, 11) is 0. The molecule has 88 valence electrons. The fourth-order valence-corrected chi connectivity index (χ4v) is 2.02. The lowest BCUT2D eigenvalue weighted by molar-refractivity contribution is -0.112. The lowest BCUT2D eigenvalue weighted by atomic mass is 9.91. The van der Waals surface area contributed by atoms with Gasteiger partial charge in [-0.05, 0) is 31.8 Å². The van der Waals surface area contributed by atoms with Crippen LogP contribution in [0, 0.1) is 0 Å². The molecule has 2 aliphatic carbocycles. The summed E-state index contributed by atoms with van der Waals surface area (Å²) in [6.07, 6.45) is 13.4. The van der Waals surface area contributed by atoms with Crippen LogP contribution >= 0.6 is 0 Å². The second-order valence-electron chi connectivity index (χ2n) is 4.13. The van der Waals surface area contributed by atoms with E-state index in [1.807, 2.05) is 24.3 Å². The predicted octanol–water partition coefficient (Wildman–Crippen LogP) is 2.18. The van der Waals surface area contributed by atoms with Crippen LogP contribution in [0.3, 0.4) is 0 Å². The summed E-state index contributed by atoms with van der Waals surface area (Å²) in [5.41, 5.74) is 2.59. The smallest absolute Gasteiger partial charge is 0.211 e. The van der Waals surface area contributed by atoms with Crippen LogP contribution in [0.15, 0.2) is 47.2 Å². The van der Waals surface area contributed by atoms with Gasteiger partial charge in [-0.2, -0.15) is 0 Å². The minimum atomic E-state index is 0.149. The number of hydrogen-bond donors (Lipinski definition) is 1. The molecular formula is C14H15NO2. The molecule has 0 atom stereocenters. The summed E-state index contributed by atoms with van der Waals surface area (Å²) in [4.78, 5) is 22.4. The molecule has 0 saturated heterocycles. The third-order valence-electron chi connectivity index (χ3n) is 2.99. The molecule has 0 fully saturated rings. The average molecular weight is 229 g/mol. The maximum absolute atomic E-state index is 12.1. The maximum atomic E-state index is 12.1. The molecule has 0 radical (unpaired) electrons. The second-order valence-corrected chi connectivity index (χ2v) is 4.13. The monoisotopic (exact) mass is 229 g/mol. The number of rotatable bonds is 4. The molecule has 0 unspecified atom stereocenters. The minimum Gasteiger partial charge on any atom is -0.332 e. The van der Waals surface area contributed by atoms with Crippen molar-refractivity contribution in [1.29, 1.82) is 0 Å². The van der Waals surface area contributed by atoms with Crippen molar-refractivity contribution in [2.45, 2.75) is 25.7 Å². The Labute approximate surface area is 101 Å². The fraction of sp³-hybridized carbons (Fsp3) is 0.286. The largest absolute Gasteiger partial charge is 0.332 e. The van der Waals surface area contributed by atoms with E-state index in [1.165, 1.54) is 0 Å². The molecule has 2 aliphatic rings. The summed E-state index contributed by atoms with van der Waals surface area (Å²) in [6, 6.07) is 0. The number of carbonyl (C=O) groups is 2. The van der Waals surface area contributed by atoms with Gasteiger partial charge >= 0.3 is 0 Å². The second kappa shape index (κ2) is 5.43. The third kappa shape index (κ3) is 2.81. The summed E-state index contributed by atoms with van der Waals surface area (Å²) in [5, 5.41) is 2.62. The summed E-state index contributed by atoms with van der Waals surface area (Å²) in [6.45, 7) is 0. The van der Waals surface area contributed by atoms with E-state index in [9.17, 15) is 9.59 Å². The van der Waals surface area contributed by atoms with Crippen molar-refractivity contribution < 1.29 is 9.59 Å². The molecule has 0 saturated carbocycles. The molecule has 17 heavy (non-hydrogen) atoms.